The summed E-state index contributed by atoms with van der Waals surface area (Å²) in [6.07, 6.45) is 6.67. The highest BCUT2D eigenvalue weighted by molar-refractivity contribution is 7.22. The third-order valence-corrected chi connectivity index (χ3v) is 6.35. The van der Waals surface area contributed by atoms with Crippen LogP contribution in [0.3, 0.4) is 0 Å². The summed E-state index contributed by atoms with van der Waals surface area (Å²) in [5, 5.41) is 0.726. The molecule has 6 nitrogen and oxygen atoms in total. The number of thiazole rings is 1. The molecule has 0 saturated carbocycles. The number of hydrogen-bond acceptors (Lipinski definition) is 5. The molecule has 2 heterocycles. The molecule has 0 atom stereocenters. The average molecular weight is 435 g/mol. The molecule has 0 unspecified atom stereocenters. The van der Waals surface area contributed by atoms with Gasteiger partial charge in [0.1, 0.15) is 5.75 Å². The number of methoxy groups -OCH3 is 1. The molecule has 160 valence electrons. The molecule has 7 heteroatoms. The standard InChI is InChI=1S/C24H26N4O2S/c1-17-5-6-19(18(2)13-17)14-23(29)28(11-4-10-27-12-9-25-16-27)24-26-21-8-7-20(30-3)15-22(21)31-24/h5-9,12-13,15-16H,4,10-11,14H2,1-3H3. The van der Waals surface area contributed by atoms with Gasteiger partial charge in [0.25, 0.3) is 0 Å². The number of imidazole rings is 1. The van der Waals surface area contributed by atoms with Gasteiger partial charge in [-0.3, -0.25) is 9.69 Å². The van der Waals surface area contributed by atoms with Gasteiger partial charge in [-0.25, -0.2) is 9.97 Å². The van der Waals surface area contributed by atoms with E-state index in [1.54, 1.807) is 19.6 Å². The van der Waals surface area contributed by atoms with E-state index in [2.05, 4.69) is 37.0 Å². The lowest BCUT2D eigenvalue weighted by molar-refractivity contribution is -0.118. The number of nitrogens with zero attached hydrogens (tertiary/aromatic N) is 4. The van der Waals surface area contributed by atoms with E-state index in [1.165, 1.54) is 16.9 Å². The van der Waals surface area contributed by atoms with Crippen molar-refractivity contribution in [3.8, 4) is 5.75 Å². The van der Waals surface area contributed by atoms with E-state index in [4.69, 9.17) is 9.72 Å². The number of hydrogen-bond donors (Lipinski definition) is 0. The van der Waals surface area contributed by atoms with Crippen molar-refractivity contribution in [1.29, 1.82) is 0 Å². The Hall–Kier alpha value is -3.19. The van der Waals surface area contributed by atoms with Crippen LogP contribution in [0.15, 0.2) is 55.1 Å². The van der Waals surface area contributed by atoms with E-state index < -0.39 is 0 Å². The quantitative estimate of drug-likeness (QED) is 0.400. The summed E-state index contributed by atoms with van der Waals surface area (Å²) in [6, 6.07) is 12.0. The lowest BCUT2D eigenvalue weighted by atomic mass is 10.0. The Morgan fingerprint density at radius 1 is 1.19 bits per heavy atom. The van der Waals surface area contributed by atoms with Crippen LogP contribution in [-0.2, 0) is 17.8 Å². The largest absolute Gasteiger partial charge is 0.497 e. The van der Waals surface area contributed by atoms with Crippen molar-refractivity contribution in [3.63, 3.8) is 0 Å². The summed E-state index contributed by atoms with van der Waals surface area (Å²) in [7, 11) is 1.65. The first kappa shape index (κ1) is 21.1. The Labute approximate surface area is 186 Å². The second-order valence-electron chi connectivity index (χ2n) is 7.64. The smallest absolute Gasteiger partial charge is 0.233 e. The van der Waals surface area contributed by atoms with Gasteiger partial charge in [-0.1, -0.05) is 35.1 Å². The summed E-state index contributed by atoms with van der Waals surface area (Å²) in [4.78, 5) is 24.1. The summed E-state index contributed by atoms with van der Waals surface area (Å²) in [5.74, 6) is 0.847. The van der Waals surface area contributed by atoms with Crippen molar-refractivity contribution in [3.05, 3.63) is 71.8 Å². The third-order valence-electron chi connectivity index (χ3n) is 5.31. The monoisotopic (exact) mass is 434 g/mol. The Morgan fingerprint density at radius 3 is 2.81 bits per heavy atom. The first-order chi connectivity index (χ1) is 15.0. The molecule has 0 radical (unpaired) electrons. The molecule has 0 bridgehead atoms. The fraction of sp³-hybridized carbons (Fsp3) is 0.292. The molecule has 2 aromatic heterocycles. The van der Waals surface area contributed by atoms with Crippen molar-refractivity contribution >= 4 is 32.6 Å². The number of rotatable bonds is 8. The highest BCUT2D eigenvalue weighted by atomic mass is 32.1. The molecular formula is C24H26N4O2S. The lowest BCUT2D eigenvalue weighted by Gasteiger charge is -2.20. The van der Waals surface area contributed by atoms with E-state index in [9.17, 15) is 4.79 Å². The van der Waals surface area contributed by atoms with Crippen LogP contribution in [0.1, 0.15) is 23.1 Å². The predicted octanol–water partition coefficient (Wildman–Crippen LogP) is 4.78. The minimum absolute atomic E-state index is 0.0589. The Morgan fingerprint density at radius 2 is 2.06 bits per heavy atom. The molecule has 4 rings (SSSR count). The van der Waals surface area contributed by atoms with Crippen LogP contribution in [0.4, 0.5) is 5.13 Å². The van der Waals surface area contributed by atoms with E-state index in [1.807, 2.05) is 33.9 Å². The normalized spacial score (nSPS) is 11.1. The molecule has 0 aliphatic heterocycles. The summed E-state index contributed by atoms with van der Waals surface area (Å²) in [6.45, 7) is 5.52. The lowest BCUT2D eigenvalue weighted by Crippen LogP contribution is -2.33. The van der Waals surface area contributed by atoms with Gasteiger partial charge in [0.2, 0.25) is 5.91 Å². The van der Waals surface area contributed by atoms with Crippen LogP contribution in [0, 0.1) is 13.8 Å². The zero-order valence-electron chi connectivity index (χ0n) is 18.0. The number of amides is 1. The van der Waals surface area contributed by atoms with Gasteiger partial charge in [-0.2, -0.15) is 0 Å². The van der Waals surface area contributed by atoms with Crippen LogP contribution in [0.25, 0.3) is 10.2 Å². The summed E-state index contributed by atoms with van der Waals surface area (Å²) >= 11 is 1.52. The topological polar surface area (TPSA) is 60.2 Å². The van der Waals surface area contributed by atoms with Gasteiger partial charge >= 0.3 is 0 Å². The molecule has 0 fully saturated rings. The van der Waals surface area contributed by atoms with Crippen molar-refractivity contribution in [2.75, 3.05) is 18.6 Å². The first-order valence-electron chi connectivity index (χ1n) is 10.3. The number of ether oxygens (including phenoxy) is 1. The maximum absolute atomic E-state index is 13.4. The van der Waals surface area contributed by atoms with Gasteiger partial charge in [-0.05, 0) is 49.6 Å². The highest BCUT2D eigenvalue weighted by Crippen LogP contribution is 2.32. The second kappa shape index (κ2) is 9.31. The number of fused-ring (bicyclic) bond motifs is 1. The van der Waals surface area contributed by atoms with Crippen LogP contribution >= 0.6 is 11.3 Å². The van der Waals surface area contributed by atoms with E-state index in [0.29, 0.717) is 13.0 Å². The van der Waals surface area contributed by atoms with Crippen molar-refractivity contribution < 1.29 is 9.53 Å². The Balaban J connectivity index is 1.59. The number of benzene rings is 2. The van der Waals surface area contributed by atoms with Gasteiger partial charge in [0.15, 0.2) is 5.13 Å². The predicted molar refractivity (Wildman–Crippen MR) is 125 cm³/mol. The third kappa shape index (κ3) is 4.94. The first-order valence-corrected chi connectivity index (χ1v) is 11.1. The number of aryl methyl sites for hydroxylation is 3. The van der Waals surface area contributed by atoms with Crippen molar-refractivity contribution in [2.45, 2.75) is 33.2 Å². The van der Waals surface area contributed by atoms with Crippen molar-refractivity contribution in [1.82, 2.24) is 14.5 Å². The SMILES string of the molecule is COc1ccc2nc(N(CCCn3ccnc3)C(=O)Cc3ccc(C)cc3C)sc2c1. The zero-order valence-corrected chi connectivity index (χ0v) is 18.9. The fourth-order valence-corrected chi connectivity index (χ4v) is 4.63. The highest BCUT2D eigenvalue weighted by Gasteiger charge is 2.21. The van der Waals surface area contributed by atoms with Gasteiger partial charge in [-0.15, -0.1) is 0 Å². The summed E-state index contributed by atoms with van der Waals surface area (Å²) in [5.41, 5.74) is 4.27. The van der Waals surface area contributed by atoms with Gasteiger partial charge in [0.05, 0.1) is 30.1 Å². The van der Waals surface area contributed by atoms with E-state index >= 15 is 0 Å². The second-order valence-corrected chi connectivity index (χ2v) is 8.65. The van der Waals surface area contributed by atoms with Gasteiger partial charge < -0.3 is 9.30 Å². The maximum Gasteiger partial charge on any atom is 0.233 e. The molecule has 2 aromatic carbocycles. The minimum atomic E-state index is 0.0589. The van der Waals surface area contributed by atoms with Crippen LogP contribution in [0.5, 0.6) is 5.75 Å². The molecule has 0 saturated heterocycles. The number of anilines is 1. The van der Waals surface area contributed by atoms with Crippen LogP contribution < -0.4 is 9.64 Å². The van der Waals surface area contributed by atoms with Crippen LogP contribution in [0.2, 0.25) is 0 Å². The molecular weight excluding hydrogens is 408 g/mol. The average Bonchev–Trinajstić information content (AvgIpc) is 3.42. The Kier molecular flexibility index (Phi) is 6.32. The maximum atomic E-state index is 13.4. The molecule has 31 heavy (non-hydrogen) atoms. The minimum Gasteiger partial charge on any atom is -0.497 e. The fourth-order valence-electron chi connectivity index (χ4n) is 3.60. The van der Waals surface area contributed by atoms with E-state index in [-0.39, 0.29) is 5.91 Å². The number of carbonyl (C=O) groups excluding carboxylic acids is 1. The van der Waals surface area contributed by atoms with Crippen LogP contribution in [-0.4, -0.2) is 34.1 Å². The molecule has 0 spiro atoms. The molecule has 0 N–H and O–H groups in total. The molecule has 0 aliphatic rings. The number of aromatic nitrogens is 3. The number of carbonyl (C=O) groups is 1. The van der Waals surface area contributed by atoms with E-state index in [0.717, 1.165) is 45.2 Å². The van der Waals surface area contributed by atoms with Gasteiger partial charge in [0, 0.05) is 25.5 Å². The summed E-state index contributed by atoms with van der Waals surface area (Å²) < 4.78 is 8.37. The van der Waals surface area contributed by atoms with Crippen molar-refractivity contribution in [2.24, 2.45) is 0 Å². The zero-order chi connectivity index (χ0) is 21.8. The molecule has 1 amide bonds. The molecule has 4 aromatic rings. The molecule has 0 aliphatic carbocycles. The Bertz CT molecular complexity index is 1180.